The lowest BCUT2D eigenvalue weighted by Gasteiger charge is -2.11. The van der Waals surface area contributed by atoms with E-state index in [0.29, 0.717) is 30.2 Å². The lowest BCUT2D eigenvalue weighted by atomic mass is 10.1. The summed E-state index contributed by atoms with van der Waals surface area (Å²) >= 11 is 0. The van der Waals surface area contributed by atoms with Crippen molar-refractivity contribution < 1.29 is 12.8 Å². The molecule has 0 spiro atoms. The smallest absolute Gasteiger partial charge is 0.191 e. The third kappa shape index (κ3) is 7.92. The first-order valence-corrected chi connectivity index (χ1v) is 8.89. The Morgan fingerprint density at radius 3 is 2.27 bits per heavy atom. The van der Waals surface area contributed by atoms with Crippen LogP contribution in [0.3, 0.4) is 0 Å². The minimum Gasteiger partial charge on any atom is -0.357 e. The number of halogens is 2. The minimum absolute atomic E-state index is 0. The second kappa shape index (κ2) is 9.98. The fourth-order valence-electron chi connectivity index (χ4n) is 1.84. The zero-order valence-corrected chi connectivity index (χ0v) is 16.2. The average molecular weight is 443 g/mol. The molecule has 0 bridgehead atoms. The molecular formula is C14H23FIN3O2S. The van der Waals surface area contributed by atoms with Crippen LogP contribution in [-0.4, -0.2) is 33.7 Å². The molecular weight excluding hydrogens is 420 g/mol. The van der Waals surface area contributed by atoms with Crippen molar-refractivity contribution in [1.82, 2.24) is 10.6 Å². The number of sulfone groups is 1. The summed E-state index contributed by atoms with van der Waals surface area (Å²) in [4.78, 5) is 4.34. The van der Waals surface area contributed by atoms with E-state index in [0.717, 1.165) is 6.26 Å². The van der Waals surface area contributed by atoms with E-state index in [1.165, 1.54) is 18.2 Å². The highest BCUT2D eigenvalue weighted by Gasteiger charge is 2.10. The van der Waals surface area contributed by atoms with Crippen molar-refractivity contribution in [2.24, 2.45) is 4.99 Å². The van der Waals surface area contributed by atoms with Crippen molar-refractivity contribution in [3.63, 3.8) is 0 Å². The highest BCUT2D eigenvalue weighted by atomic mass is 127. The Morgan fingerprint density at radius 1 is 1.18 bits per heavy atom. The van der Waals surface area contributed by atoms with Crippen LogP contribution in [0.1, 0.15) is 25.0 Å². The normalized spacial score (nSPS) is 10.5. The Morgan fingerprint density at radius 2 is 1.77 bits per heavy atom. The third-order valence-corrected chi connectivity index (χ3v) is 3.52. The molecule has 1 aromatic rings. The molecule has 126 valence electrons. The van der Waals surface area contributed by atoms with Crippen LogP contribution in [0.15, 0.2) is 23.2 Å². The summed E-state index contributed by atoms with van der Waals surface area (Å²) in [6.07, 6.45) is 1.16. The van der Waals surface area contributed by atoms with E-state index in [2.05, 4.69) is 15.6 Å². The van der Waals surface area contributed by atoms with Crippen molar-refractivity contribution >= 4 is 39.8 Å². The van der Waals surface area contributed by atoms with Crippen molar-refractivity contribution in [2.45, 2.75) is 26.1 Å². The largest absolute Gasteiger partial charge is 0.357 e. The summed E-state index contributed by atoms with van der Waals surface area (Å²) in [6.45, 7) is 5.54. The van der Waals surface area contributed by atoms with Gasteiger partial charge in [0.2, 0.25) is 0 Å². The van der Waals surface area contributed by atoms with Gasteiger partial charge in [-0.15, -0.1) is 24.0 Å². The van der Waals surface area contributed by atoms with Crippen LogP contribution in [0.4, 0.5) is 4.39 Å². The molecule has 0 unspecified atom stereocenters. The van der Waals surface area contributed by atoms with E-state index in [1.807, 2.05) is 13.8 Å². The number of nitrogens with zero attached hydrogens (tertiary/aromatic N) is 1. The number of guanidine groups is 1. The van der Waals surface area contributed by atoms with Gasteiger partial charge >= 0.3 is 0 Å². The van der Waals surface area contributed by atoms with E-state index in [-0.39, 0.29) is 36.3 Å². The van der Waals surface area contributed by atoms with Gasteiger partial charge < -0.3 is 10.6 Å². The molecule has 0 aromatic heterocycles. The van der Waals surface area contributed by atoms with E-state index in [4.69, 9.17) is 0 Å². The van der Waals surface area contributed by atoms with Crippen molar-refractivity contribution in [3.05, 3.63) is 35.1 Å². The monoisotopic (exact) mass is 443 g/mol. The zero-order chi connectivity index (χ0) is 15.9. The lowest BCUT2D eigenvalue weighted by molar-refractivity contribution is 0.600. The quantitative estimate of drug-likeness (QED) is 0.401. The van der Waals surface area contributed by atoms with E-state index in [1.54, 1.807) is 0 Å². The summed E-state index contributed by atoms with van der Waals surface area (Å²) < 4.78 is 36.2. The Hall–Kier alpha value is -0.900. The number of rotatable bonds is 6. The maximum Gasteiger partial charge on any atom is 0.191 e. The van der Waals surface area contributed by atoms with E-state index < -0.39 is 15.7 Å². The van der Waals surface area contributed by atoms with Gasteiger partial charge in [-0.2, -0.15) is 0 Å². The van der Waals surface area contributed by atoms with Gasteiger partial charge in [-0.05, 0) is 37.1 Å². The topological polar surface area (TPSA) is 70.6 Å². The highest BCUT2D eigenvalue weighted by Crippen LogP contribution is 2.15. The summed E-state index contributed by atoms with van der Waals surface area (Å²) in [7, 11) is -3.17. The van der Waals surface area contributed by atoms with Crippen LogP contribution in [0.25, 0.3) is 0 Å². The summed E-state index contributed by atoms with van der Waals surface area (Å²) in [5.74, 6) is 0.107. The second-order valence-electron chi connectivity index (χ2n) is 4.71. The molecule has 8 heteroatoms. The molecule has 22 heavy (non-hydrogen) atoms. The van der Waals surface area contributed by atoms with E-state index >= 15 is 0 Å². The summed E-state index contributed by atoms with van der Waals surface area (Å²) in [5, 5.41) is 6.13. The number of hydrogen-bond acceptors (Lipinski definition) is 3. The molecule has 0 aliphatic carbocycles. The van der Waals surface area contributed by atoms with Gasteiger partial charge in [0.25, 0.3) is 0 Å². The zero-order valence-electron chi connectivity index (χ0n) is 13.0. The molecule has 0 radical (unpaired) electrons. The van der Waals surface area contributed by atoms with Crippen LogP contribution >= 0.6 is 24.0 Å². The maximum absolute atomic E-state index is 13.4. The number of nitrogens with one attached hydrogen (secondary N) is 2. The van der Waals surface area contributed by atoms with Crippen LogP contribution < -0.4 is 10.6 Å². The standard InChI is InChI=1S/C14H22FN3O2S.HI/c1-4-16-14(17-5-2)18-9-12-8-13(15)7-6-11(12)10-21(3,19)20;/h6-8H,4-5,9-10H2,1-3H3,(H2,16,17,18);1H. The van der Waals surface area contributed by atoms with Crippen LogP contribution in [0, 0.1) is 5.82 Å². The Labute approximate surface area is 148 Å². The Bertz CT molecular complexity index is 598. The van der Waals surface area contributed by atoms with Crippen molar-refractivity contribution in [1.29, 1.82) is 0 Å². The third-order valence-electron chi connectivity index (χ3n) is 2.68. The molecule has 0 aliphatic heterocycles. The minimum atomic E-state index is -3.17. The Balaban J connectivity index is 0.00000441. The molecule has 0 heterocycles. The van der Waals surface area contributed by atoms with Gasteiger partial charge in [0.1, 0.15) is 5.82 Å². The number of benzene rings is 1. The lowest BCUT2D eigenvalue weighted by Crippen LogP contribution is -2.37. The molecule has 0 saturated heterocycles. The van der Waals surface area contributed by atoms with Gasteiger partial charge in [-0.3, -0.25) is 0 Å². The van der Waals surface area contributed by atoms with Crippen LogP contribution in [0.5, 0.6) is 0 Å². The predicted octanol–water partition coefficient (Wildman–Crippen LogP) is 2.06. The highest BCUT2D eigenvalue weighted by molar-refractivity contribution is 14.0. The van der Waals surface area contributed by atoms with Crippen molar-refractivity contribution in [2.75, 3.05) is 19.3 Å². The maximum atomic E-state index is 13.4. The molecule has 2 N–H and O–H groups in total. The first-order chi connectivity index (χ1) is 9.85. The van der Waals surface area contributed by atoms with Gasteiger partial charge in [0.05, 0.1) is 12.3 Å². The average Bonchev–Trinajstić information content (AvgIpc) is 2.38. The number of aliphatic imine (C=N–C) groups is 1. The Kier molecular flexibility index (Phi) is 9.58. The van der Waals surface area contributed by atoms with Crippen LogP contribution in [-0.2, 0) is 22.1 Å². The molecule has 5 nitrogen and oxygen atoms in total. The molecule has 0 fully saturated rings. The molecule has 1 aromatic carbocycles. The molecule has 1 rings (SSSR count). The summed E-state index contributed by atoms with van der Waals surface area (Å²) in [6, 6.07) is 4.10. The fraction of sp³-hybridized carbons (Fsp3) is 0.500. The number of hydrogen-bond donors (Lipinski definition) is 2. The van der Waals surface area contributed by atoms with Crippen molar-refractivity contribution in [3.8, 4) is 0 Å². The predicted molar refractivity (Wildman–Crippen MR) is 98.9 cm³/mol. The van der Waals surface area contributed by atoms with Gasteiger partial charge in [-0.25, -0.2) is 17.8 Å². The van der Waals surface area contributed by atoms with Gasteiger partial charge in [-0.1, -0.05) is 6.07 Å². The first kappa shape index (κ1) is 21.1. The summed E-state index contributed by atoms with van der Waals surface area (Å²) in [5.41, 5.74) is 1.16. The first-order valence-electron chi connectivity index (χ1n) is 6.83. The molecule has 0 amide bonds. The molecule has 0 saturated carbocycles. The van der Waals surface area contributed by atoms with Gasteiger partial charge in [0.15, 0.2) is 15.8 Å². The van der Waals surface area contributed by atoms with Gasteiger partial charge in [0, 0.05) is 19.3 Å². The van der Waals surface area contributed by atoms with E-state index in [9.17, 15) is 12.8 Å². The second-order valence-corrected chi connectivity index (χ2v) is 6.85. The SMILES string of the molecule is CCNC(=NCc1cc(F)ccc1CS(C)(=O)=O)NCC.I. The fourth-order valence-corrected chi connectivity index (χ4v) is 2.68. The molecule has 0 aliphatic rings. The molecule has 0 atom stereocenters. The van der Waals surface area contributed by atoms with Crippen LogP contribution in [0.2, 0.25) is 0 Å².